The summed E-state index contributed by atoms with van der Waals surface area (Å²) < 4.78 is 16.7. The smallest absolute Gasteiger partial charge is 0.283 e. The number of aromatic nitrogens is 2. The summed E-state index contributed by atoms with van der Waals surface area (Å²) in [4.78, 5) is 17.1. The van der Waals surface area contributed by atoms with E-state index in [0.29, 0.717) is 37.2 Å². The van der Waals surface area contributed by atoms with Crippen molar-refractivity contribution >= 4 is 5.91 Å². The molecule has 0 spiro atoms. The van der Waals surface area contributed by atoms with Crippen molar-refractivity contribution in [3.63, 3.8) is 0 Å². The minimum absolute atomic E-state index is 0.0973. The summed E-state index contributed by atoms with van der Waals surface area (Å²) in [5.74, 6) is 1.92. The van der Waals surface area contributed by atoms with Gasteiger partial charge in [-0.05, 0) is 51.9 Å². The third-order valence-electron chi connectivity index (χ3n) is 5.23. The van der Waals surface area contributed by atoms with Gasteiger partial charge in [0, 0.05) is 19.0 Å². The molecule has 8 nitrogen and oxygen atoms in total. The largest absolute Gasteiger partial charge is 0.459 e. The van der Waals surface area contributed by atoms with Crippen LogP contribution < -0.4 is 0 Å². The molecule has 2 saturated heterocycles. The zero-order valence-electron chi connectivity index (χ0n) is 15.8. The lowest BCUT2D eigenvalue weighted by Gasteiger charge is -2.39. The van der Waals surface area contributed by atoms with Gasteiger partial charge in [0.05, 0.1) is 25.0 Å². The topological polar surface area (TPSA) is 84.8 Å². The molecular formula is C19H26N4O4. The lowest BCUT2D eigenvalue weighted by molar-refractivity contribution is -0.149. The van der Waals surface area contributed by atoms with E-state index in [4.69, 9.17) is 13.6 Å². The van der Waals surface area contributed by atoms with Crippen molar-refractivity contribution in [2.45, 2.75) is 45.4 Å². The minimum Gasteiger partial charge on any atom is -0.459 e. The quantitative estimate of drug-likeness (QED) is 0.811. The van der Waals surface area contributed by atoms with Gasteiger partial charge in [0.2, 0.25) is 11.8 Å². The van der Waals surface area contributed by atoms with E-state index in [0.717, 1.165) is 25.9 Å². The summed E-state index contributed by atoms with van der Waals surface area (Å²) in [7, 11) is 0. The molecule has 0 aliphatic carbocycles. The number of carbonyl (C=O) groups is 1. The second-order valence-electron chi connectivity index (χ2n) is 7.53. The number of rotatable bonds is 4. The van der Waals surface area contributed by atoms with Crippen LogP contribution in [0, 0.1) is 5.92 Å². The number of hydrogen-bond donors (Lipinski definition) is 0. The first kappa shape index (κ1) is 18.2. The van der Waals surface area contributed by atoms with Gasteiger partial charge in [-0.25, -0.2) is 0 Å². The zero-order chi connectivity index (χ0) is 18.8. The number of morpholine rings is 1. The lowest BCUT2D eigenvalue weighted by Crippen LogP contribution is -2.51. The third kappa shape index (κ3) is 4.22. The van der Waals surface area contributed by atoms with E-state index in [9.17, 15) is 4.79 Å². The molecule has 0 N–H and O–H groups in total. The molecule has 4 rings (SSSR count). The van der Waals surface area contributed by atoms with Crippen LogP contribution in [0.25, 0.3) is 11.7 Å². The predicted octanol–water partition coefficient (Wildman–Crippen LogP) is 2.18. The van der Waals surface area contributed by atoms with E-state index >= 15 is 0 Å². The second kappa shape index (κ2) is 7.82. The van der Waals surface area contributed by atoms with Gasteiger partial charge in [-0.15, -0.1) is 10.2 Å². The summed E-state index contributed by atoms with van der Waals surface area (Å²) in [6, 6.07) is 3.58. The molecule has 2 unspecified atom stereocenters. The molecule has 2 aromatic rings. The summed E-state index contributed by atoms with van der Waals surface area (Å²) in [6.07, 6.45) is 3.52. The first-order valence-electron chi connectivity index (χ1n) is 9.61. The second-order valence-corrected chi connectivity index (χ2v) is 7.53. The van der Waals surface area contributed by atoms with Crippen LogP contribution in [0.15, 0.2) is 27.2 Å². The Morgan fingerprint density at radius 1 is 1.19 bits per heavy atom. The van der Waals surface area contributed by atoms with E-state index in [1.807, 2.05) is 18.7 Å². The molecule has 4 heterocycles. The maximum Gasteiger partial charge on any atom is 0.283 e. The highest BCUT2D eigenvalue weighted by Crippen LogP contribution is 2.24. The molecule has 2 fully saturated rings. The zero-order valence-corrected chi connectivity index (χ0v) is 15.8. The summed E-state index contributed by atoms with van der Waals surface area (Å²) in [6.45, 7) is 7.75. The fourth-order valence-corrected chi connectivity index (χ4v) is 3.96. The number of piperidine rings is 1. The number of furan rings is 1. The molecule has 2 aliphatic rings. The Kier molecular flexibility index (Phi) is 5.27. The molecule has 2 aromatic heterocycles. The van der Waals surface area contributed by atoms with Crippen molar-refractivity contribution in [1.29, 1.82) is 0 Å². The third-order valence-corrected chi connectivity index (χ3v) is 5.23. The molecule has 0 bridgehead atoms. The van der Waals surface area contributed by atoms with Gasteiger partial charge in [0.1, 0.15) is 0 Å². The van der Waals surface area contributed by atoms with Gasteiger partial charge in [0.25, 0.3) is 5.89 Å². The monoisotopic (exact) mass is 374 g/mol. The molecule has 0 saturated carbocycles. The molecule has 0 aromatic carbocycles. The number of carbonyl (C=O) groups excluding carboxylic acids is 1. The molecule has 8 heteroatoms. The maximum atomic E-state index is 12.8. The van der Waals surface area contributed by atoms with E-state index in [1.54, 1.807) is 18.4 Å². The van der Waals surface area contributed by atoms with Crippen molar-refractivity contribution in [2.75, 3.05) is 26.2 Å². The fourth-order valence-electron chi connectivity index (χ4n) is 3.96. The van der Waals surface area contributed by atoms with E-state index < -0.39 is 0 Å². The van der Waals surface area contributed by atoms with Gasteiger partial charge in [-0.2, -0.15) is 0 Å². The highest BCUT2D eigenvalue weighted by atomic mass is 16.5. The van der Waals surface area contributed by atoms with Crippen molar-refractivity contribution in [3.05, 3.63) is 24.3 Å². The van der Waals surface area contributed by atoms with E-state index in [1.165, 1.54) is 0 Å². The van der Waals surface area contributed by atoms with Gasteiger partial charge in [-0.3, -0.25) is 9.69 Å². The van der Waals surface area contributed by atoms with Crippen molar-refractivity contribution < 1.29 is 18.4 Å². The van der Waals surface area contributed by atoms with Gasteiger partial charge in [0.15, 0.2) is 5.76 Å². The van der Waals surface area contributed by atoms with Crippen LogP contribution in [-0.2, 0) is 16.1 Å². The molecule has 1 amide bonds. The maximum absolute atomic E-state index is 12.8. The van der Waals surface area contributed by atoms with Crippen LogP contribution in [0.1, 0.15) is 32.6 Å². The Labute approximate surface area is 158 Å². The first-order valence-corrected chi connectivity index (χ1v) is 9.61. The predicted molar refractivity (Wildman–Crippen MR) is 96.6 cm³/mol. The van der Waals surface area contributed by atoms with E-state index in [2.05, 4.69) is 15.1 Å². The van der Waals surface area contributed by atoms with Crippen molar-refractivity contribution in [3.8, 4) is 11.7 Å². The fraction of sp³-hybridized carbons (Fsp3) is 0.632. The molecule has 146 valence electrons. The number of nitrogens with zero attached hydrogens (tertiary/aromatic N) is 4. The van der Waals surface area contributed by atoms with E-state index in [-0.39, 0.29) is 24.0 Å². The highest BCUT2D eigenvalue weighted by Gasteiger charge is 2.32. The summed E-state index contributed by atoms with van der Waals surface area (Å²) in [5.41, 5.74) is 0. The lowest BCUT2D eigenvalue weighted by atomic mass is 9.94. The molecule has 2 aliphatic heterocycles. The average molecular weight is 374 g/mol. The molecule has 27 heavy (non-hydrogen) atoms. The average Bonchev–Trinajstić information content (AvgIpc) is 3.32. The Bertz CT molecular complexity index is 742. The van der Waals surface area contributed by atoms with Gasteiger partial charge >= 0.3 is 0 Å². The van der Waals surface area contributed by atoms with Crippen LogP contribution in [-0.4, -0.2) is 64.3 Å². The number of hydrogen-bond acceptors (Lipinski definition) is 7. The Hall–Kier alpha value is -2.19. The highest BCUT2D eigenvalue weighted by molar-refractivity contribution is 5.79. The first-order chi connectivity index (χ1) is 13.1. The van der Waals surface area contributed by atoms with Crippen molar-refractivity contribution in [2.24, 2.45) is 5.92 Å². The number of likely N-dealkylation sites (tertiary alicyclic amines) is 1. The molecule has 0 radical (unpaired) electrons. The Morgan fingerprint density at radius 3 is 2.59 bits per heavy atom. The van der Waals surface area contributed by atoms with Crippen LogP contribution in [0.2, 0.25) is 0 Å². The van der Waals surface area contributed by atoms with Gasteiger partial charge < -0.3 is 18.5 Å². The Morgan fingerprint density at radius 2 is 1.93 bits per heavy atom. The standard InChI is InChI=1S/C19H26N4O4/c1-13-10-23(11-14(2)26-13)19(24)15-5-7-22(8-6-15)12-17-20-21-18(27-17)16-4-3-9-25-16/h3-4,9,13-15H,5-8,10-12H2,1-2H3. The Balaban J connectivity index is 1.28. The van der Waals surface area contributed by atoms with Crippen molar-refractivity contribution in [1.82, 2.24) is 20.0 Å². The van der Waals surface area contributed by atoms with Crippen LogP contribution in [0.5, 0.6) is 0 Å². The van der Waals surface area contributed by atoms with Crippen LogP contribution >= 0.6 is 0 Å². The summed E-state index contributed by atoms with van der Waals surface area (Å²) in [5, 5.41) is 8.14. The SMILES string of the molecule is CC1CN(C(=O)C2CCN(Cc3nnc(-c4ccco4)o3)CC2)CC(C)O1. The van der Waals surface area contributed by atoms with Crippen LogP contribution in [0.3, 0.4) is 0 Å². The normalized spacial score (nSPS) is 25.0. The number of ether oxygens (including phenoxy) is 1. The molecular weight excluding hydrogens is 348 g/mol. The van der Waals surface area contributed by atoms with Gasteiger partial charge in [-0.1, -0.05) is 0 Å². The molecule has 2 atom stereocenters. The number of amides is 1. The van der Waals surface area contributed by atoms with Crippen LogP contribution in [0.4, 0.5) is 0 Å². The summed E-state index contributed by atoms with van der Waals surface area (Å²) >= 11 is 0. The minimum atomic E-state index is 0.0973.